The molecule has 0 amide bonds. The molecule has 0 aliphatic carbocycles. The van der Waals surface area contributed by atoms with E-state index >= 15 is 0 Å². The first kappa shape index (κ1) is 20.3. The summed E-state index contributed by atoms with van der Waals surface area (Å²) in [6, 6.07) is 15.9. The molecule has 1 heterocycles. The topological polar surface area (TPSA) is 55.8 Å². The van der Waals surface area contributed by atoms with Crippen molar-refractivity contribution < 1.29 is 23.5 Å². The molecule has 150 valence electrons. The number of hydrogen-bond donors (Lipinski definition) is 0. The Bertz CT molecular complexity index is 918. The van der Waals surface area contributed by atoms with E-state index in [-0.39, 0.29) is 16.7 Å². The highest BCUT2D eigenvalue weighted by molar-refractivity contribution is 5.98. The van der Waals surface area contributed by atoms with Gasteiger partial charge in [-0.25, -0.2) is 14.0 Å². The van der Waals surface area contributed by atoms with Gasteiger partial charge in [0.2, 0.25) is 0 Å². The van der Waals surface area contributed by atoms with Crippen LogP contribution in [0.1, 0.15) is 17.0 Å². The zero-order valence-electron chi connectivity index (χ0n) is 16.3. The summed E-state index contributed by atoms with van der Waals surface area (Å²) in [4.78, 5) is 26.8. The summed E-state index contributed by atoms with van der Waals surface area (Å²) < 4.78 is 24.4. The summed E-state index contributed by atoms with van der Waals surface area (Å²) >= 11 is 0. The fourth-order valence-electron chi connectivity index (χ4n) is 3.36. The minimum atomic E-state index is -0.913. The molecule has 2 aromatic rings. The molecular formula is C23H22FNO4. The van der Waals surface area contributed by atoms with Gasteiger partial charge in [-0.15, -0.1) is 0 Å². The highest BCUT2D eigenvalue weighted by atomic mass is 19.1. The fraction of sp³-hybridized carbons (Fsp3) is 0.217. The number of hydrogen-bond acceptors (Lipinski definition) is 5. The second-order valence-corrected chi connectivity index (χ2v) is 6.58. The number of carbonyl (C=O) groups is 2. The maximum absolute atomic E-state index is 14.5. The Morgan fingerprint density at radius 1 is 0.897 bits per heavy atom. The Balaban J connectivity index is 2.01. The lowest BCUT2D eigenvalue weighted by Gasteiger charge is -2.30. The molecule has 29 heavy (non-hydrogen) atoms. The zero-order valence-corrected chi connectivity index (χ0v) is 16.3. The van der Waals surface area contributed by atoms with E-state index in [1.54, 1.807) is 35.5 Å². The number of carbonyl (C=O) groups excluding carboxylic acids is 2. The summed E-state index contributed by atoms with van der Waals surface area (Å²) in [6.45, 7) is 0.523. The van der Waals surface area contributed by atoms with Crippen molar-refractivity contribution in [1.29, 1.82) is 0 Å². The molecule has 0 aromatic heterocycles. The largest absolute Gasteiger partial charge is 0.466 e. The predicted octanol–water partition coefficient (Wildman–Crippen LogP) is 3.58. The van der Waals surface area contributed by atoms with E-state index in [9.17, 15) is 14.0 Å². The van der Waals surface area contributed by atoms with E-state index in [0.717, 1.165) is 5.56 Å². The molecule has 0 spiro atoms. The monoisotopic (exact) mass is 395 g/mol. The maximum atomic E-state index is 14.5. The predicted molar refractivity (Wildman–Crippen MR) is 106 cm³/mol. The van der Waals surface area contributed by atoms with Gasteiger partial charge in [0.05, 0.1) is 31.3 Å². The standard InChI is InChI=1S/C23H22FNO4/c1-28-22(26)18-14-25(13-12-16-8-4-3-5-9-16)15-19(23(27)29-2)21(18)17-10-6-7-11-20(17)24/h3-11,14-15,21H,12-13H2,1-2H3. The van der Waals surface area contributed by atoms with Gasteiger partial charge in [0.1, 0.15) is 5.82 Å². The van der Waals surface area contributed by atoms with E-state index in [1.165, 1.54) is 20.3 Å². The third-order valence-corrected chi connectivity index (χ3v) is 4.79. The van der Waals surface area contributed by atoms with Crippen LogP contribution in [0.15, 0.2) is 78.1 Å². The van der Waals surface area contributed by atoms with E-state index in [4.69, 9.17) is 9.47 Å². The zero-order chi connectivity index (χ0) is 20.8. The molecule has 0 unspecified atom stereocenters. The van der Waals surface area contributed by atoms with Gasteiger partial charge in [-0.3, -0.25) is 0 Å². The third-order valence-electron chi connectivity index (χ3n) is 4.79. The number of ether oxygens (including phenoxy) is 2. The van der Waals surface area contributed by atoms with Crippen LogP contribution in [0.2, 0.25) is 0 Å². The first-order chi connectivity index (χ1) is 14.0. The molecule has 3 rings (SSSR count). The Labute approximate surface area is 169 Å². The first-order valence-electron chi connectivity index (χ1n) is 9.19. The van der Waals surface area contributed by atoms with Crippen molar-refractivity contribution in [2.24, 2.45) is 0 Å². The molecule has 0 bridgehead atoms. The summed E-state index contributed by atoms with van der Waals surface area (Å²) in [6.07, 6.45) is 3.91. The Kier molecular flexibility index (Phi) is 6.44. The van der Waals surface area contributed by atoms with Crippen LogP contribution in [-0.4, -0.2) is 37.6 Å². The number of esters is 2. The van der Waals surface area contributed by atoms with Crippen LogP contribution in [0.3, 0.4) is 0 Å². The highest BCUT2D eigenvalue weighted by Gasteiger charge is 2.36. The molecule has 0 N–H and O–H groups in total. The second-order valence-electron chi connectivity index (χ2n) is 6.58. The number of methoxy groups -OCH3 is 2. The smallest absolute Gasteiger partial charge is 0.336 e. The van der Waals surface area contributed by atoms with Gasteiger partial charge in [-0.05, 0) is 18.1 Å². The summed E-state index contributed by atoms with van der Waals surface area (Å²) in [5, 5.41) is 0. The number of nitrogens with zero attached hydrogens (tertiary/aromatic N) is 1. The highest BCUT2D eigenvalue weighted by Crippen LogP contribution is 2.38. The molecular weight excluding hydrogens is 373 g/mol. The molecule has 6 heteroatoms. The van der Waals surface area contributed by atoms with Crippen molar-refractivity contribution in [3.8, 4) is 0 Å². The molecule has 0 radical (unpaired) electrons. The summed E-state index contributed by atoms with van der Waals surface area (Å²) in [5.74, 6) is -2.68. The van der Waals surface area contributed by atoms with Crippen LogP contribution in [0.4, 0.5) is 4.39 Å². The van der Waals surface area contributed by atoms with E-state index in [2.05, 4.69) is 0 Å². The van der Waals surface area contributed by atoms with Crippen LogP contribution in [0.25, 0.3) is 0 Å². The van der Waals surface area contributed by atoms with Gasteiger partial charge >= 0.3 is 11.9 Å². The van der Waals surface area contributed by atoms with Crippen LogP contribution in [-0.2, 0) is 25.5 Å². The quantitative estimate of drug-likeness (QED) is 0.700. The average molecular weight is 395 g/mol. The Morgan fingerprint density at radius 3 is 2.00 bits per heavy atom. The lowest BCUT2D eigenvalue weighted by Crippen LogP contribution is -2.30. The molecule has 0 atom stereocenters. The van der Waals surface area contributed by atoms with Gasteiger partial charge in [0.25, 0.3) is 0 Å². The number of rotatable bonds is 6. The average Bonchev–Trinajstić information content (AvgIpc) is 2.77. The molecule has 0 saturated carbocycles. The van der Waals surface area contributed by atoms with E-state index in [0.29, 0.717) is 13.0 Å². The van der Waals surface area contributed by atoms with Crippen molar-refractivity contribution in [1.82, 2.24) is 4.90 Å². The van der Waals surface area contributed by atoms with Crippen LogP contribution < -0.4 is 0 Å². The van der Waals surface area contributed by atoms with Gasteiger partial charge in [0.15, 0.2) is 0 Å². The van der Waals surface area contributed by atoms with Crippen LogP contribution in [0.5, 0.6) is 0 Å². The van der Waals surface area contributed by atoms with Gasteiger partial charge in [-0.2, -0.15) is 0 Å². The lowest BCUT2D eigenvalue weighted by atomic mass is 9.83. The van der Waals surface area contributed by atoms with E-state index < -0.39 is 23.7 Å². The van der Waals surface area contributed by atoms with Crippen LogP contribution >= 0.6 is 0 Å². The summed E-state index contributed by atoms with van der Waals surface area (Å²) in [5.41, 5.74) is 1.68. The number of halogens is 1. The van der Waals surface area contributed by atoms with Gasteiger partial charge in [-0.1, -0.05) is 48.5 Å². The molecule has 1 aliphatic rings. The van der Waals surface area contributed by atoms with Gasteiger partial charge < -0.3 is 14.4 Å². The van der Waals surface area contributed by atoms with Crippen LogP contribution in [0, 0.1) is 5.82 Å². The second kappa shape index (κ2) is 9.19. The normalized spacial score (nSPS) is 14.1. The minimum Gasteiger partial charge on any atom is -0.466 e. The first-order valence-corrected chi connectivity index (χ1v) is 9.19. The Hall–Kier alpha value is -3.41. The lowest BCUT2D eigenvalue weighted by molar-refractivity contribution is -0.137. The molecule has 2 aromatic carbocycles. The maximum Gasteiger partial charge on any atom is 0.336 e. The number of benzene rings is 2. The Morgan fingerprint density at radius 2 is 1.45 bits per heavy atom. The van der Waals surface area contributed by atoms with Crippen molar-refractivity contribution in [2.45, 2.75) is 12.3 Å². The van der Waals surface area contributed by atoms with Gasteiger partial charge in [0, 0.05) is 24.5 Å². The molecule has 5 nitrogen and oxygen atoms in total. The van der Waals surface area contributed by atoms with Crippen molar-refractivity contribution in [3.63, 3.8) is 0 Å². The summed E-state index contributed by atoms with van der Waals surface area (Å²) in [7, 11) is 2.51. The fourth-order valence-corrected chi connectivity index (χ4v) is 3.36. The SMILES string of the molecule is COC(=O)C1=CN(CCc2ccccc2)C=C(C(=O)OC)C1c1ccccc1F. The molecule has 0 fully saturated rings. The molecule has 0 saturated heterocycles. The van der Waals surface area contributed by atoms with Crippen molar-refractivity contribution in [2.75, 3.05) is 20.8 Å². The van der Waals surface area contributed by atoms with Crippen molar-refractivity contribution >= 4 is 11.9 Å². The van der Waals surface area contributed by atoms with E-state index in [1.807, 2.05) is 30.3 Å². The third kappa shape index (κ3) is 4.54. The molecule has 1 aliphatic heterocycles. The minimum absolute atomic E-state index is 0.175. The van der Waals surface area contributed by atoms with Crippen molar-refractivity contribution in [3.05, 3.63) is 95.1 Å².